The average molecular weight is 386 g/mol. The third-order valence-corrected chi connectivity index (χ3v) is 4.18. The van der Waals surface area contributed by atoms with Crippen LogP contribution in [0.25, 0.3) is 5.82 Å². The van der Waals surface area contributed by atoms with Crippen molar-refractivity contribution in [2.75, 3.05) is 12.4 Å². The first-order chi connectivity index (χ1) is 14.2. The lowest BCUT2D eigenvalue weighted by Crippen LogP contribution is -2.11. The number of carbonyl (C=O) groups is 1. The molecule has 7 heteroatoms. The lowest BCUT2D eigenvalue weighted by Gasteiger charge is -2.08. The summed E-state index contributed by atoms with van der Waals surface area (Å²) in [6.07, 6.45) is 3.78. The normalized spacial score (nSPS) is 10.4. The molecule has 4 aromatic rings. The molecule has 7 nitrogen and oxygen atoms in total. The fourth-order valence-corrected chi connectivity index (χ4v) is 2.67. The molecular formula is C22H18N4O3. The van der Waals surface area contributed by atoms with Gasteiger partial charge in [-0.25, -0.2) is 0 Å². The van der Waals surface area contributed by atoms with Crippen molar-refractivity contribution in [1.82, 2.24) is 14.8 Å². The Labute approximate surface area is 167 Å². The minimum absolute atomic E-state index is 0.201. The molecule has 0 aliphatic rings. The number of hydrogen-bond donors (Lipinski definition) is 1. The summed E-state index contributed by atoms with van der Waals surface area (Å²) in [5.74, 6) is 2.19. The minimum Gasteiger partial charge on any atom is -0.497 e. The molecule has 2 aromatic heterocycles. The van der Waals surface area contributed by atoms with E-state index in [2.05, 4.69) is 15.5 Å². The summed E-state index contributed by atoms with van der Waals surface area (Å²) in [6.45, 7) is 0. The Morgan fingerprint density at radius 2 is 1.55 bits per heavy atom. The van der Waals surface area contributed by atoms with Gasteiger partial charge >= 0.3 is 0 Å². The Morgan fingerprint density at radius 1 is 0.862 bits per heavy atom. The van der Waals surface area contributed by atoms with E-state index in [4.69, 9.17) is 9.47 Å². The number of rotatable bonds is 6. The monoisotopic (exact) mass is 386 g/mol. The second kappa shape index (κ2) is 8.26. The first-order valence-electron chi connectivity index (χ1n) is 8.92. The molecule has 0 fully saturated rings. The third-order valence-electron chi connectivity index (χ3n) is 4.18. The van der Waals surface area contributed by atoms with Crippen LogP contribution in [0.15, 0.2) is 85.2 Å². The molecule has 0 spiro atoms. The van der Waals surface area contributed by atoms with E-state index in [-0.39, 0.29) is 5.91 Å². The number of nitrogens with one attached hydrogen (secondary N) is 1. The molecule has 0 saturated heterocycles. The van der Waals surface area contributed by atoms with E-state index in [1.807, 2.05) is 35.2 Å². The number of methoxy groups -OCH3 is 1. The zero-order valence-corrected chi connectivity index (χ0v) is 15.6. The van der Waals surface area contributed by atoms with E-state index < -0.39 is 0 Å². The van der Waals surface area contributed by atoms with Crippen LogP contribution in [0.5, 0.6) is 17.4 Å². The number of carbonyl (C=O) groups excluding carboxylic acids is 1. The van der Waals surface area contributed by atoms with Crippen molar-refractivity contribution in [3.8, 4) is 23.2 Å². The van der Waals surface area contributed by atoms with Crippen molar-refractivity contribution in [2.24, 2.45) is 0 Å². The first kappa shape index (κ1) is 18.2. The third kappa shape index (κ3) is 4.41. The summed E-state index contributed by atoms with van der Waals surface area (Å²) in [7, 11) is 1.58. The highest BCUT2D eigenvalue weighted by Gasteiger charge is 2.07. The molecule has 4 rings (SSSR count). The standard InChI is InChI=1S/C22H18N4O3/c1-28-18-8-4-16(5-9-18)22(27)23-17-6-10-19(11-7-17)29-21-13-12-20(24-25-21)26-14-2-3-15-26/h2-15H,1H3,(H,23,27). The van der Waals surface area contributed by atoms with Gasteiger partial charge in [-0.05, 0) is 66.7 Å². The van der Waals surface area contributed by atoms with Gasteiger partial charge in [-0.3, -0.25) is 4.79 Å². The minimum atomic E-state index is -0.201. The number of amides is 1. The van der Waals surface area contributed by atoms with Gasteiger partial charge in [0.05, 0.1) is 7.11 Å². The number of benzene rings is 2. The summed E-state index contributed by atoms with van der Waals surface area (Å²) in [5, 5.41) is 11.1. The van der Waals surface area contributed by atoms with Crippen LogP contribution in [0.1, 0.15) is 10.4 Å². The summed E-state index contributed by atoms with van der Waals surface area (Å²) >= 11 is 0. The zero-order valence-electron chi connectivity index (χ0n) is 15.6. The Balaban J connectivity index is 1.38. The van der Waals surface area contributed by atoms with Gasteiger partial charge in [-0.2, -0.15) is 0 Å². The fourth-order valence-electron chi connectivity index (χ4n) is 2.67. The van der Waals surface area contributed by atoms with Crippen LogP contribution in [-0.4, -0.2) is 27.8 Å². The van der Waals surface area contributed by atoms with Crippen LogP contribution in [0.3, 0.4) is 0 Å². The lowest BCUT2D eigenvalue weighted by atomic mass is 10.2. The molecule has 1 N–H and O–H groups in total. The quantitative estimate of drug-likeness (QED) is 0.534. The maximum Gasteiger partial charge on any atom is 0.255 e. The molecule has 144 valence electrons. The zero-order chi connectivity index (χ0) is 20.1. The summed E-state index contributed by atoms with van der Waals surface area (Å²) < 4.78 is 12.7. The van der Waals surface area contributed by atoms with E-state index in [1.165, 1.54) is 0 Å². The molecular weight excluding hydrogens is 368 g/mol. The van der Waals surface area contributed by atoms with Crippen molar-refractivity contribution in [2.45, 2.75) is 0 Å². The van der Waals surface area contributed by atoms with Gasteiger partial charge in [0.1, 0.15) is 11.5 Å². The largest absolute Gasteiger partial charge is 0.497 e. The van der Waals surface area contributed by atoms with Gasteiger partial charge in [0.15, 0.2) is 5.82 Å². The smallest absolute Gasteiger partial charge is 0.255 e. The average Bonchev–Trinajstić information content (AvgIpc) is 3.31. The molecule has 2 aromatic carbocycles. The van der Waals surface area contributed by atoms with Gasteiger partial charge in [-0.1, -0.05) is 0 Å². The lowest BCUT2D eigenvalue weighted by molar-refractivity contribution is 0.102. The molecule has 0 saturated carbocycles. The number of nitrogens with zero attached hydrogens (tertiary/aromatic N) is 3. The Kier molecular flexibility index (Phi) is 5.20. The molecule has 29 heavy (non-hydrogen) atoms. The molecule has 1 amide bonds. The Morgan fingerprint density at radius 3 is 2.17 bits per heavy atom. The first-order valence-corrected chi connectivity index (χ1v) is 8.92. The van der Waals surface area contributed by atoms with E-state index in [0.717, 1.165) is 0 Å². The van der Waals surface area contributed by atoms with E-state index in [9.17, 15) is 4.79 Å². The number of aromatic nitrogens is 3. The highest BCUT2D eigenvalue weighted by molar-refractivity contribution is 6.04. The highest BCUT2D eigenvalue weighted by Crippen LogP contribution is 2.22. The summed E-state index contributed by atoms with van der Waals surface area (Å²) in [6, 6.07) is 21.4. The SMILES string of the molecule is COc1ccc(C(=O)Nc2ccc(Oc3ccc(-n4cccc4)nn3)cc2)cc1. The van der Waals surface area contributed by atoms with E-state index in [1.54, 1.807) is 61.7 Å². The van der Waals surface area contributed by atoms with Crippen molar-refractivity contribution >= 4 is 11.6 Å². The maximum atomic E-state index is 12.3. The number of ether oxygens (including phenoxy) is 2. The summed E-state index contributed by atoms with van der Waals surface area (Å²) in [5.41, 5.74) is 1.20. The van der Waals surface area contributed by atoms with Crippen molar-refractivity contribution in [3.05, 3.63) is 90.8 Å². The topological polar surface area (TPSA) is 78.3 Å². The van der Waals surface area contributed by atoms with Gasteiger partial charge in [0.2, 0.25) is 5.88 Å². The van der Waals surface area contributed by atoms with E-state index in [0.29, 0.717) is 34.4 Å². The van der Waals surface area contributed by atoms with Crippen LogP contribution in [0, 0.1) is 0 Å². The van der Waals surface area contributed by atoms with Crippen molar-refractivity contribution in [3.63, 3.8) is 0 Å². The molecule has 0 radical (unpaired) electrons. The predicted molar refractivity (Wildman–Crippen MR) is 109 cm³/mol. The van der Waals surface area contributed by atoms with E-state index >= 15 is 0 Å². The number of hydrogen-bond acceptors (Lipinski definition) is 5. The Bertz CT molecular complexity index is 1070. The Hall–Kier alpha value is -4.13. The molecule has 0 aliphatic heterocycles. The van der Waals surface area contributed by atoms with Crippen LogP contribution in [0.2, 0.25) is 0 Å². The second-order valence-electron chi connectivity index (χ2n) is 6.13. The molecule has 0 atom stereocenters. The maximum absolute atomic E-state index is 12.3. The van der Waals surface area contributed by atoms with Crippen LogP contribution < -0.4 is 14.8 Å². The van der Waals surface area contributed by atoms with Gasteiger partial charge in [0.25, 0.3) is 5.91 Å². The fraction of sp³-hybridized carbons (Fsp3) is 0.0455. The highest BCUT2D eigenvalue weighted by atomic mass is 16.5. The molecule has 2 heterocycles. The van der Waals surface area contributed by atoms with Gasteiger partial charge < -0.3 is 19.4 Å². The summed E-state index contributed by atoms with van der Waals surface area (Å²) in [4.78, 5) is 12.3. The molecule has 0 unspecified atom stereocenters. The van der Waals surface area contributed by atoms with Crippen LogP contribution in [0.4, 0.5) is 5.69 Å². The van der Waals surface area contributed by atoms with Gasteiger partial charge in [0, 0.05) is 29.7 Å². The van der Waals surface area contributed by atoms with Crippen LogP contribution in [-0.2, 0) is 0 Å². The number of anilines is 1. The molecule has 0 aliphatic carbocycles. The predicted octanol–water partition coefficient (Wildman–Crippen LogP) is 4.32. The van der Waals surface area contributed by atoms with Crippen LogP contribution >= 0.6 is 0 Å². The van der Waals surface area contributed by atoms with Crippen molar-refractivity contribution in [1.29, 1.82) is 0 Å². The van der Waals surface area contributed by atoms with Crippen molar-refractivity contribution < 1.29 is 14.3 Å². The molecule has 0 bridgehead atoms. The van der Waals surface area contributed by atoms with Gasteiger partial charge in [-0.15, -0.1) is 10.2 Å². The second-order valence-corrected chi connectivity index (χ2v) is 6.13.